The van der Waals surface area contributed by atoms with E-state index in [2.05, 4.69) is 35.7 Å². The molecule has 2 heterocycles. The molecule has 0 radical (unpaired) electrons. The summed E-state index contributed by atoms with van der Waals surface area (Å²) in [5, 5.41) is 0. The van der Waals surface area contributed by atoms with Gasteiger partial charge in [-0.05, 0) is 32.0 Å². The van der Waals surface area contributed by atoms with Crippen molar-refractivity contribution < 1.29 is 0 Å². The summed E-state index contributed by atoms with van der Waals surface area (Å²) in [7, 11) is 2.06. The van der Waals surface area contributed by atoms with E-state index >= 15 is 0 Å². The van der Waals surface area contributed by atoms with Crippen molar-refractivity contribution >= 4 is 11.0 Å². The molecule has 0 spiro atoms. The molecule has 12 heavy (non-hydrogen) atoms. The Morgan fingerprint density at radius 3 is 2.75 bits per heavy atom. The third kappa shape index (κ3) is 0.916. The first-order valence-corrected chi connectivity index (χ1v) is 4.08. The van der Waals surface area contributed by atoms with Gasteiger partial charge in [0, 0.05) is 18.4 Å². The lowest BCUT2D eigenvalue weighted by Crippen LogP contribution is -1.89. The van der Waals surface area contributed by atoms with Gasteiger partial charge in [0.15, 0.2) is 0 Å². The molecular formula is C10H12N2. The summed E-state index contributed by atoms with van der Waals surface area (Å²) in [6.07, 6.45) is 0. The van der Waals surface area contributed by atoms with E-state index in [1.165, 1.54) is 11.2 Å². The van der Waals surface area contributed by atoms with Gasteiger partial charge in [-0.15, -0.1) is 0 Å². The Balaban J connectivity index is 2.87. The average molecular weight is 160 g/mol. The van der Waals surface area contributed by atoms with Gasteiger partial charge in [0.05, 0.1) is 11.0 Å². The molecule has 2 aromatic heterocycles. The van der Waals surface area contributed by atoms with Gasteiger partial charge < -0.3 is 4.57 Å². The first-order chi connectivity index (χ1) is 5.68. The van der Waals surface area contributed by atoms with Crippen molar-refractivity contribution in [1.82, 2.24) is 9.55 Å². The molecule has 0 saturated heterocycles. The number of rotatable bonds is 0. The quantitative estimate of drug-likeness (QED) is 0.577. The van der Waals surface area contributed by atoms with E-state index < -0.39 is 0 Å². The van der Waals surface area contributed by atoms with Gasteiger partial charge in [0.25, 0.3) is 0 Å². The summed E-state index contributed by atoms with van der Waals surface area (Å²) in [6, 6.07) is 6.27. The SMILES string of the molecule is Cc1ccc2c(cc(C)n2C)n1. The first-order valence-electron chi connectivity index (χ1n) is 4.08. The lowest BCUT2D eigenvalue weighted by atomic mass is 10.3. The zero-order valence-electron chi connectivity index (χ0n) is 7.63. The molecular weight excluding hydrogens is 148 g/mol. The molecule has 0 N–H and O–H groups in total. The summed E-state index contributed by atoms with van der Waals surface area (Å²) in [4.78, 5) is 4.44. The van der Waals surface area contributed by atoms with E-state index in [0.29, 0.717) is 0 Å². The van der Waals surface area contributed by atoms with Crippen molar-refractivity contribution in [1.29, 1.82) is 0 Å². The Labute approximate surface area is 71.8 Å². The molecule has 0 fully saturated rings. The fourth-order valence-electron chi connectivity index (χ4n) is 1.44. The van der Waals surface area contributed by atoms with Crippen LogP contribution in [0, 0.1) is 13.8 Å². The Morgan fingerprint density at radius 1 is 1.25 bits per heavy atom. The van der Waals surface area contributed by atoms with Crippen LogP contribution in [0.15, 0.2) is 18.2 Å². The smallest absolute Gasteiger partial charge is 0.0886 e. The van der Waals surface area contributed by atoms with E-state index in [9.17, 15) is 0 Å². The number of hydrogen-bond acceptors (Lipinski definition) is 1. The normalized spacial score (nSPS) is 10.9. The monoisotopic (exact) mass is 160 g/mol. The van der Waals surface area contributed by atoms with E-state index in [4.69, 9.17) is 0 Å². The number of pyridine rings is 1. The standard InChI is InChI=1S/C10H12N2/c1-7-4-5-10-9(11-7)6-8(2)12(10)3/h4-6H,1-3H3. The van der Waals surface area contributed by atoms with Crippen LogP contribution < -0.4 is 0 Å². The Bertz CT molecular complexity index is 427. The van der Waals surface area contributed by atoms with Crippen LogP contribution in [0.2, 0.25) is 0 Å². The second-order valence-corrected chi connectivity index (χ2v) is 3.20. The summed E-state index contributed by atoms with van der Waals surface area (Å²) in [6.45, 7) is 4.11. The highest BCUT2D eigenvalue weighted by atomic mass is 15.0. The molecule has 62 valence electrons. The van der Waals surface area contributed by atoms with Gasteiger partial charge in [-0.25, -0.2) is 0 Å². The van der Waals surface area contributed by atoms with Crippen LogP contribution in [-0.4, -0.2) is 9.55 Å². The molecule has 0 saturated carbocycles. The maximum Gasteiger partial charge on any atom is 0.0886 e. The van der Waals surface area contributed by atoms with Crippen LogP contribution in [-0.2, 0) is 7.05 Å². The maximum atomic E-state index is 4.44. The number of hydrogen-bond donors (Lipinski definition) is 0. The highest BCUT2D eigenvalue weighted by Gasteiger charge is 2.01. The molecule has 2 rings (SSSR count). The van der Waals surface area contributed by atoms with Gasteiger partial charge in [-0.1, -0.05) is 0 Å². The lowest BCUT2D eigenvalue weighted by Gasteiger charge is -1.97. The maximum absolute atomic E-state index is 4.44. The number of fused-ring (bicyclic) bond motifs is 1. The molecule has 0 bridgehead atoms. The fraction of sp³-hybridized carbons (Fsp3) is 0.300. The molecule has 2 nitrogen and oxygen atoms in total. The first kappa shape index (κ1) is 7.35. The predicted octanol–water partition coefficient (Wildman–Crippen LogP) is 2.19. The second-order valence-electron chi connectivity index (χ2n) is 3.20. The van der Waals surface area contributed by atoms with Crippen LogP contribution in [0.5, 0.6) is 0 Å². The highest BCUT2D eigenvalue weighted by Crippen LogP contribution is 2.15. The largest absolute Gasteiger partial charge is 0.347 e. The third-order valence-corrected chi connectivity index (χ3v) is 2.28. The van der Waals surface area contributed by atoms with Crippen molar-refractivity contribution in [3.8, 4) is 0 Å². The van der Waals surface area contributed by atoms with E-state index in [0.717, 1.165) is 11.2 Å². The summed E-state index contributed by atoms with van der Waals surface area (Å²) >= 11 is 0. The Morgan fingerprint density at radius 2 is 2.00 bits per heavy atom. The van der Waals surface area contributed by atoms with E-state index in [1.807, 2.05) is 13.0 Å². The van der Waals surface area contributed by atoms with Gasteiger partial charge in [-0.3, -0.25) is 4.98 Å². The molecule has 2 heteroatoms. The Hall–Kier alpha value is -1.31. The molecule has 0 aliphatic rings. The average Bonchev–Trinajstić information content (AvgIpc) is 2.28. The fourth-order valence-corrected chi connectivity index (χ4v) is 1.44. The van der Waals surface area contributed by atoms with Crippen LogP contribution in [0.4, 0.5) is 0 Å². The molecule has 0 amide bonds. The van der Waals surface area contributed by atoms with Crippen molar-refractivity contribution in [2.24, 2.45) is 7.05 Å². The summed E-state index contributed by atoms with van der Waals surface area (Å²) in [5.41, 5.74) is 4.63. The minimum atomic E-state index is 1.08. The molecule has 0 unspecified atom stereocenters. The Kier molecular flexibility index (Phi) is 1.43. The number of aromatic nitrogens is 2. The molecule has 2 aromatic rings. The van der Waals surface area contributed by atoms with Gasteiger partial charge in [-0.2, -0.15) is 0 Å². The zero-order valence-corrected chi connectivity index (χ0v) is 7.63. The summed E-state index contributed by atoms with van der Waals surface area (Å²) < 4.78 is 2.15. The van der Waals surface area contributed by atoms with Crippen molar-refractivity contribution in [3.05, 3.63) is 29.6 Å². The number of aryl methyl sites for hydroxylation is 3. The third-order valence-electron chi connectivity index (χ3n) is 2.28. The summed E-state index contributed by atoms with van der Waals surface area (Å²) in [5.74, 6) is 0. The van der Waals surface area contributed by atoms with Crippen molar-refractivity contribution in [2.45, 2.75) is 13.8 Å². The van der Waals surface area contributed by atoms with Gasteiger partial charge in [0.1, 0.15) is 0 Å². The molecule has 0 aliphatic heterocycles. The van der Waals surface area contributed by atoms with Crippen molar-refractivity contribution in [2.75, 3.05) is 0 Å². The molecule has 0 aromatic carbocycles. The van der Waals surface area contributed by atoms with Crippen LogP contribution >= 0.6 is 0 Å². The topological polar surface area (TPSA) is 17.8 Å². The lowest BCUT2D eigenvalue weighted by molar-refractivity contribution is 0.917. The predicted molar refractivity (Wildman–Crippen MR) is 50.2 cm³/mol. The van der Waals surface area contributed by atoms with Crippen LogP contribution in [0.25, 0.3) is 11.0 Å². The minimum Gasteiger partial charge on any atom is -0.347 e. The van der Waals surface area contributed by atoms with E-state index in [1.54, 1.807) is 0 Å². The van der Waals surface area contributed by atoms with E-state index in [-0.39, 0.29) is 0 Å². The van der Waals surface area contributed by atoms with Gasteiger partial charge >= 0.3 is 0 Å². The molecule has 0 atom stereocenters. The molecule has 0 aliphatic carbocycles. The number of nitrogens with zero attached hydrogens (tertiary/aromatic N) is 2. The highest BCUT2D eigenvalue weighted by molar-refractivity contribution is 5.77. The van der Waals surface area contributed by atoms with Crippen molar-refractivity contribution in [3.63, 3.8) is 0 Å². The second kappa shape index (κ2) is 2.34. The van der Waals surface area contributed by atoms with Crippen LogP contribution in [0.3, 0.4) is 0 Å². The van der Waals surface area contributed by atoms with Gasteiger partial charge in [0.2, 0.25) is 0 Å². The zero-order chi connectivity index (χ0) is 8.72. The minimum absolute atomic E-state index is 1.08. The van der Waals surface area contributed by atoms with Crippen LogP contribution in [0.1, 0.15) is 11.4 Å².